The zero-order chi connectivity index (χ0) is 20.1. The van der Waals surface area contributed by atoms with E-state index in [0.29, 0.717) is 13.1 Å². The summed E-state index contributed by atoms with van der Waals surface area (Å²) in [6.07, 6.45) is 2.02. The fourth-order valence-electron chi connectivity index (χ4n) is 3.58. The molecule has 1 N–H and O–H groups in total. The van der Waals surface area contributed by atoms with E-state index >= 15 is 0 Å². The molecule has 152 valence electrons. The molecule has 1 unspecified atom stereocenters. The van der Waals surface area contributed by atoms with Gasteiger partial charge in [-0.25, -0.2) is 8.42 Å². The maximum atomic E-state index is 12.7. The Morgan fingerprint density at radius 3 is 2.54 bits per heavy atom. The van der Waals surface area contributed by atoms with Crippen LogP contribution in [0.25, 0.3) is 0 Å². The van der Waals surface area contributed by atoms with Crippen molar-refractivity contribution in [1.82, 2.24) is 9.21 Å². The molecule has 0 bridgehead atoms. The fourth-order valence-corrected chi connectivity index (χ4v) is 5.91. The molecule has 1 aromatic heterocycles. The van der Waals surface area contributed by atoms with E-state index in [4.69, 9.17) is 0 Å². The van der Waals surface area contributed by atoms with Crippen LogP contribution >= 0.6 is 11.3 Å². The van der Waals surface area contributed by atoms with Gasteiger partial charge in [-0.05, 0) is 48.6 Å². The molecule has 1 aliphatic heterocycles. The molecule has 0 aliphatic carbocycles. The molecule has 0 spiro atoms. The first-order valence-electron chi connectivity index (χ1n) is 9.64. The van der Waals surface area contributed by atoms with Gasteiger partial charge in [-0.15, -0.1) is 11.3 Å². The van der Waals surface area contributed by atoms with Gasteiger partial charge in [0.2, 0.25) is 15.9 Å². The van der Waals surface area contributed by atoms with Gasteiger partial charge in [-0.1, -0.05) is 19.9 Å². The maximum absolute atomic E-state index is 12.7. The second-order valence-electron chi connectivity index (χ2n) is 6.73. The minimum Gasteiger partial charge on any atom is -0.376 e. The first-order valence-corrected chi connectivity index (χ1v) is 12.0. The number of sulfonamides is 1. The summed E-state index contributed by atoms with van der Waals surface area (Å²) in [5, 5.41) is 5.17. The molecule has 1 fully saturated rings. The van der Waals surface area contributed by atoms with Gasteiger partial charge in [0.25, 0.3) is 0 Å². The zero-order valence-corrected chi connectivity index (χ0v) is 17.9. The average Bonchev–Trinajstić information content (AvgIpc) is 3.38. The molecule has 0 radical (unpaired) electrons. The van der Waals surface area contributed by atoms with Gasteiger partial charge in [0.05, 0.1) is 17.5 Å². The Balaban J connectivity index is 1.61. The van der Waals surface area contributed by atoms with Gasteiger partial charge in [0, 0.05) is 30.2 Å². The first-order chi connectivity index (χ1) is 13.5. The van der Waals surface area contributed by atoms with Crippen LogP contribution in [0, 0.1) is 0 Å². The minimum atomic E-state index is -3.46. The number of anilines is 1. The molecule has 1 aromatic carbocycles. The second kappa shape index (κ2) is 9.07. The van der Waals surface area contributed by atoms with Crippen molar-refractivity contribution >= 4 is 33.0 Å². The molecule has 1 aliphatic rings. The van der Waals surface area contributed by atoms with Crippen molar-refractivity contribution in [3.05, 3.63) is 46.7 Å². The number of hydrogen-bond donors (Lipinski definition) is 1. The fraction of sp³-hybridized carbons (Fsp3) is 0.450. The van der Waals surface area contributed by atoms with E-state index in [-0.39, 0.29) is 23.4 Å². The smallest absolute Gasteiger partial charge is 0.243 e. The molecule has 8 heteroatoms. The summed E-state index contributed by atoms with van der Waals surface area (Å²) in [4.78, 5) is 16.1. The third kappa shape index (κ3) is 4.39. The molecule has 6 nitrogen and oxygen atoms in total. The second-order valence-corrected chi connectivity index (χ2v) is 9.65. The van der Waals surface area contributed by atoms with Gasteiger partial charge in [0.1, 0.15) is 0 Å². The summed E-state index contributed by atoms with van der Waals surface area (Å²) in [6, 6.07) is 10.9. The third-order valence-corrected chi connectivity index (χ3v) is 8.12. The summed E-state index contributed by atoms with van der Waals surface area (Å²) in [6.45, 7) is 5.51. The van der Waals surface area contributed by atoms with Crippen LogP contribution in [0.1, 0.15) is 37.6 Å². The number of carbonyl (C=O) groups excluding carboxylic acids is 1. The normalized spacial score (nSPS) is 17.2. The standard InChI is InChI=1S/C20H27N3O3S2/c1-3-22(4-2)28(25,26)17-11-9-16(10-12-17)21-15-20(24)23-13-5-7-18(23)19-8-6-14-27-19/h6,8-12,14,18,21H,3-5,7,13,15H2,1-2H3. The van der Waals surface area contributed by atoms with Gasteiger partial charge in [-0.2, -0.15) is 4.31 Å². The Bertz CT molecular complexity index is 876. The predicted octanol–water partition coefficient (Wildman–Crippen LogP) is 3.55. The average molecular weight is 422 g/mol. The Hall–Kier alpha value is -1.90. The highest BCUT2D eigenvalue weighted by atomic mass is 32.2. The Kier molecular flexibility index (Phi) is 6.74. The van der Waals surface area contributed by atoms with E-state index in [9.17, 15) is 13.2 Å². The molecule has 1 amide bonds. The molecular formula is C20H27N3O3S2. The highest BCUT2D eigenvalue weighted by Crippen LogP contribution is 2.34. The third-order valence-electron chi connectivity index (χ3n) is 5.09. The molecule has 1 saturated heterocycles. The predicted molar refractivity (Wildman–Crippen MR) is 113 cm³/mol. The SMILES string of the molecule is CCN(CC)S(=O)(=O)c1ccc(NCC(=O)N2CCCC2c2cccs2)cc1. The number of benzene rings is 1. The number of nitrogens with zero attached hydrogens (tertiary/aromatic N) is 2. The van der Waals surface area contributed by atoms with Crippen LogP contribution in [0.2, 0.25) is 0 Å². The van der Waals surface area contributed by atoms with E-state index in [2.05, 4.69) is 11.4 Å². The van der Waals surface area contributed by atoms with Crippen LogP contribution in [0.4, 0.5) is 5.69 Å². The maximum Gasteiger partial charge on any atom is 0.243 e. The number of hydrogen-bond acceptors (Lipinski definition) is 5. The van der Waals surface area contributed by atoms with Crippen LogP contribution in [-0.2, 0) is 14.8 Å². The van der Waals surface area contributed by atoms with Crippen LogP contribution in [-0.4, -0.2) is 49.7 Å². The Morgan fingerprint density at radius 1 is 1.21 bits per heavy atom. The van der Waals surface area contributed by atoms with Crippen molar-refractivity contribution < 1.29 is 13.2 Å². The van der Waals surface area contributed by atoms with Crippen LogP contribution in [0.3, 0.4) is 0 Å². The zero-order valence-electron chi connectivity index (χ0n) is 16.3. The number of likely N-dealkylation sites (tertiary alicyclic amines) is 1. The monoisotopic (exact) mass is 421 g/mol. The van der Waals surface area contributed by atoms with E-state index in [1.807, 2.05) is 30.2 Å². The molecule has 0 saturated carbocycles. The quantitative estimate of drug-likeness (QED) is 0.708. The van der Waals surface area contributed by atoms with Crippen molar-refractivity contribution in [3.8, 4) is 0 Å². The number of amides is 1. The number of carbonyl (C=O) groups is 1. The highest BCUT2D eigenvalue weighted by molar-refractivity contribution is 7.89. The summed E-state index contributed by atoms with van der Waals surface area (Å²) >= 11 is 1.69. The van der Waals surface area contributed by atoms with Crippen LogP contribution < -0.4 is 5.32 Å². The largest absolute Gasteiger partial charge is 0.376 e. The lowest BCUT2D eigenvalue weighted by molar-refractivity contribution is -0.130. The van der Waals surface area contributed by atoms with E-state index < -0.39 is 10.0 Å². The first kappa shape index (κ1) is 20.8. The molecule has 2 heterocycles. The van der Waals surface area contributed by atoms with E-state index in [1.54, 1.807) is 35.6 Å². The number of thiophene rings is 1. The number of nitrogens with one attached hydrogen (secondary N) is 1. The summed E-state index contributed by atoms with van der Waals surface area (Å²) in [5.74, 6) is 0.0655. The van der Waals surface area contributed by atoms with Gasteiger partial charge < -0.3 is 10.2 Å². The highest BCUT2D eigenvalue weighted by Gasteiger charge is 2.30. The lowest BCUT2D eigenvalue weighted by atomic mass is 10.2. The van der Waals surface area contributed by atoms with Crippen LogP contribution in [0.5, 0.6) is 0 Å². The summed E-state index contributed by atoms with van der Waals surface area (Å²) in [7, 11) is -3.46. The molecular weight excluding hydrogens is 394 g/mol. The van der Waals surface area contributed by atoms with Gasteiger partial charge >= 0.3 is 0 Å². The Morgan fingerprint density at radius 2 is 1.93 bits per heavy atom. The van der Waals surface area contributed by atoms with Crippen molar-refractivity contribution in [1.29, 1.82) is 0 Å². The van der Waals surface area contributed by atoms with Crippen molar-refractivity contribution in [2.75, 3.05) is 31.5 Å². The molecule has 1 atom stereocenters. The lowest BCUT2D eigenvalue weighted by Crippen LogP contribution is -2.34. The number of rotatable bonds is 8. The van der Waals surface area contributed by atoms with E-state index in [0.717, 1.165) is 25.1 Å². The van der Waals surface area contributed by atoms with Crippen LogP contribution in [0.15, 0.2) is 46.7 Å². The molecule has 28 heavy (non-hydrogen) atoms. The van der Waals surface area contributed by atoms with Crippen molar-refractivity contribution in [2.45, 2.75) is 37.6 Å². The van der Waals surface area contributed by atoms with Crippen molar-refractivity contribution in [3.63, 3.8) is 0 Å². The van der Waals surface area contributed by atoms with Gasteiger partial charge in [0.15, 0.2) is 0 Å². The summed E-state index contributed by atoms with van der Waals surface area (Å²) in [5.41, 5.74) is 0.735. The Labute approximate surface area is 171 Å². The topological polar surface area (TPSA) is 69.7 Å². The lowest BCUT2D eigenvalue weighted by Gasteiger charge is -2.24. The minimum absolute atomic E-state index is 0.0655. The summed E-state index contributed by atoms with van der Waals surface area (Å²) < 4.78 is 26.5. The van der Waals surface area contributed by atoms with Crippen molar-refractivity contribution in [2.24, 2.45) is 0 Å². The molecule has 2 aromatic rings. The van der Waals surface area contributed by atoms with Gasteiger partial charge in [-0.3, -0.25) is 4.79 Å². The molecule has 3 rings (SSSR count). The van der Waals surface area contributed by atoms with E-state index in [1.165, 1.54) is 9.18 Å².